The summed E-state index contributed by atoms with van der Waals surface area (Å²) < 4.78 is 6.87. The number of thiocarbonyl (C=S) groups is 1. The van der Waals surface area contributed by atoms with Gasteiger partial charge in [-0.15, -0.1) is 0 Å². The highest BCUT2D eigenvalue weighted by molar-refractivity contribution is 9.10. The van der Waals surface area contributed by atoms with Gasteiger partial charge in [0.25, 0.3) is 5.91 Å². The maximum absolute atomic E-state index is 12.6. The Morgan fingerprint density at radius 1 is 1.26 bits per heavy atom. The number of rotatable bonds is 6. The Bertz CT molecular complexity index is 899. The molecule has 27 heavy (non-hydrogen) atoms. The molecule has 1 aliphatic rings. The molecule has 0 saturated carbocycles. The maximum Gasteiger partial charge on any atom is 0.276 e. The van der Waals surface area contributed by atoms with Crippen LogP contribution < -0.4 is 10.1 Å². The molecule has 3 rings (SSSR count). The number of benzene rings is 2. The average molecular weight is 466 g/mol. The predicted molar refractivity (Wildman–Crippen MR) is 116 cm³/mol. The minimum atomic E-state index is -0.120. The number of hydrogen-bond acceptors (Lipinski definition) is 3. The molecule has 2 aromatic carbocycles. The summed E-state index contributed by atoms with van der Waals surface area (Å²) in [6, 6.07) is 13.2. The van der Waals surface area contributed by atoms with E-state index in [1.165, 1.54) is 0 Å². The van der Waals surface area contributed by atoms with Gasteiger partial charge in [-0.1, -0.05) is 46.6 Å². The standard InChI is InChI=1S/C20H18BrClN2O2S/c1-2-9-24-19(25)17(23-20(24)27)11-14-10-15(21)5-8-18(14)26-12-13-3-6-16(22)7-4-13/h3-8,10-11H,2,9,12H2,1H3,(H,23,27)/b17-11-. The van der Waals surface area contributed by atoms with Crippen LogP contribution in [0.15, 0.2) is 52.6 Å². The van der Waals surface area contributed by atoms with Gasteiger partial charge in [0.1, 0.15) is 18.1 Å². The van der Waals surface area contributed by atoms with Crippen molar-refractivity contribution >= 4 is 56.8 Å². The van der Waals surface area contributed by atoms with Crippen molar-refractivity contribution in [3.63, 3.8) is 0 Å². The van der Waals surface area contributed by atoms with Crippen molar-refractivity contribution in [2.75, 3.05) is 6.54 Å². The third kappa shape index (κ3) is 4.89. The molecule has 1 saturated heterocycles. The summed E-state index contributed by atoms with van der Waals surface area (Å²) in [7, 11) is 0. The summed E-state index contributed by atoms with van der Waals surface area (Å²) in [5.41, 5.74) is 2.24. The summed E-state index contributed by atoms with van der Waals surface area (Å²) in [5, 5.41) is 4.12. The van der Waals surface area contributed by atoms with Crippen LogP contribution in [0.2, 0.25) is 5.02 Å². The van der Waals surface area contributed by atoms with Crippen LogP contribution in [0.25, 0.3) is 6.08 Å². The van der Waals surface area contributed by atoms with Crippen LogP contribution in [-0.2, 0) is 11.4 Å². The van der Waals surface area contributed by atoms with Gasteiger partial charge < -0.3 is 10.1 Å². The molecule has 4 nitrogen and oxygen atoms in total. The van der Waals surface area contributed by atoms with Gasteiger partial charge in [0.2, 0.25) is 0 Å². The SMILES string of the molecule is CCCN1C(=O)/C(=C/c2cc(Br)ccc2OCc2ccc(Cl)cc2)NC1=S. The molecular formula is C20H18BrClN2O2S. The predicted octanol–water partition coefficient (Wildman–Crippen LogP) is 5.15. The van der Waals surface area contributed by atoms with Crippen molar-refractivity contribution in [2.45, 2.75) is 20.0 Å². The van der Waals surface area contributed by atoms with Crippen molar-refractivity contribution in [3.8, 4) is 5.75 Å². The molecule has 140 valence electrons. The molecule has 1 amide bonds. The average Bonchev–Trinajstić information content (AvgIpc) is 2.90. The van der Waals surface area contributed by atoms with Gasteiger partial charge in [0, 0.05) is 21.6 Å². The summed E-state index contributed by atoms with van der Waals surface area (Å²) >= 11 is 14.7. The Morgan fingerprint density at radius 3 is 2.70 bits per heavy atom. The zero-order valence-electron chi connectivity index (χ0n) is 14.7. The van der Waals surface area contributed by atoms with Crippen LogP contribution in [0.5, 0.6) is 5.75 Å². The highest BCUT2D eigenvalue weighted by Crippen LogP contribution is 2.27. The topological polar surface area (TPSA) is 41.6 Å². The molecular weight excluding hydrogens is 448 g/mol. The van der Waals surface area contributed by atoms with E-state index in [1.807, 2.05) is 49.4 Å². The number of nitrogens with one attached hydrogen (secondary N) is 1. The highest BCUT2D eigenvalue weighted by Gasteiger charge is 2.29. The molecule has 0 atom stereocenters. The molecule has 1 heterocycles. The lowest BCUT2D eigenvalue weighted by atomic mass is 10.1. The fourth-order valence-corrected chi connectivity index (χ4v) is 3.45. The van der Waals surface area contributed by atoms with E-state index >= 15 is 0 Å². The van der Waals surface area contributed by atoms with Gasteiger partial charge in [0.05, 0.1) is 0 Å². The molecule has 0 bridgehead atoms. The number of amides is 1. The van der Waals surface area contributed by atoms with E-state index in [4.69, 9.17) is 28.6 Å². The smallest absolute Gasteiger partial charge is 0.276 e. The molecule has 0 aromatic heterocycles. The van der Waals surface area contributed by atoms with Gasteiger partial charge >= 0.3 is 0 Å². The Kier molecular flexibility index (Phi) is 6.52. The number of carbonyl (C=O) groups excluding carboxylic acids is 1. The van der Waals surface area contributed by atoms with Crippen LogP contribution in [0.3, 0.4) is 0 Å². The number of carbonyl (C=O) groups is 1. The van der Waals surface area contributed by atoms with Gasteiger partial charge in [-0.25, -0.2) is 0 Å². The molecule has 1 aliphatic heterocycles. The lowest BCUT2D eigenvalue weighted by Gasteiger charge is -2.12. The Balaban J connectivity index is 1.83. The first kappa shape index (κ1) is 19.9. The molecule has 0 radical (unpaired) electrons. The summed E-state index contributed by atoms with van der Waals surface area (Å²) in [6.07, 6.45) is 2.61. The van der Waals surface area contributed by atoms with Crippen molar-refractivity contribution in [2.24, 2.45) is 0 Å². The third-order valence-corrected chi connectivity index (χ3v) is 5.06. The molecule has 1 N–H and O–H groups in total. The molecule has 7 heteroatoms. The summed E-state index contributed by atoms with van der Waals surface area (Å²) in [6.45, 7) is 3.01. The van der Waals surface area contributed by atoms with E-state index in [2.05, 4.69) is 21.2 Å². The largest absolute Gasteiger partial charge is 0.488 e. The van der Waals surface area contributed by atoms with Crippen LogP contribution >= 0.6 is 39.7 Å². The quantitative estimate of drug-likeness (QED) is 0.473. The van der Waals surface area contributed by atoms with E-state index in [0.717, 1.165) is 22.0 Å². The number of halogens is 2. The van der Waals surface area contributed by atoms with E-state index < -0.39 is 0 Å². The van der Waals surface area contributed by atoms with Crippen molar-refractivity contribution in [1.29, 1.82) is 0 Å². The normalized spacial score (nSPS) is 15.4. The Morgan fingerprint density at radius 2 is 2.00 bits per heavy atom. The third-order valence-electron chi connectivity index (χ3n) is 3.99. The number of hydrogen-bond donors (Lipinski definition) is 1. The second kappa shape index (κ2) is 8.87. The Hall–Kier alpha value is -1.89. The minimum absolute atomic E-state index is 0.120. The van der Waals surface area contributed by atoms with Crippen LogP contribution in [-0.4, -0.2) is 22.5 Å². The molecule has 0 spiro atoms. The lowest BCUT2D eigenvalue weighted by molar-refractivity contribution is -0.122. The summed E-state index contributed by atoms with van der Waals surface area (Å²) in [4.78, 5) is 14.1. The first-order valence-corrected chi connectivity index (χ1v) is 10.1. The van der Waals surface area contributed by atoms with E-state index in [1.54, 1.807) is 11.0 Å². The molecule has 1 fully saturated rings. The fraction of sp³-hybridized carbons (Fsp3) is 0.200. The Labute approximate surface area is 177 Å². The van der Waals surface area contributed by atoms with Gasteiger partial charge in [-0.3, -0.25) is 9.69 Å². The van der Waals surface area contributed by atoms with Crippen LogP contribution in [0.4, 0.5) is 0 Å². The number of ether oxygens (including phenoxy) is 1. The monoisotopic (exact) mass is 464 g/mol. The first-order valence-electron chi connectivity index (χ1n) is 8.49. The van der Waals surface area contributed by atoms with Gasteiger partial charge in [-0.2, -0.15) is 0 Å². The first-order chi connectivity index (χ1) is 13.0. The zero-order valence-corrected chi connectivity index (χ0v) is 17.8. The second-order valence-electron chi connectivity index (χ2n) is 6.04. The zero-order chi connectivity index (χ0) is 19.4. The molecule has 0 aliphatic carbocycles. The van der Waals surface area contributed by atoms with E-state index in [0.29, 0.717) is 34.7 Å². The molecule has 0 unspecified atom stereocenters. The van der Waals surface area contributed by atoms with E-state index in [9.17, 15) is 4.79 Å². The second-order valence-corrected chi connectivity index (χ2v) is 7.78. The van der Waals surface area contributed by atoms with Gasteiger partial charge in [-0.05, 0) is 60.6 Å². The van der Waals surface area contributed by atoms with Crippen molar-refractivity contribution in [3.05, 3.63) is 68.8 Å². The lowest BCUT2D eigenvalue weighted by Crippen LogP contribution is -2.31. The minimum Gasteiger partial charge on any atom is -0.488 e. The van der Waals surface area contributed by atoms with Crippen molar-refractivity contribution < 1.29 is 9.53 Å². The van der Waals surface area contributed by atoms with Crippen molar-refractivity contribution in [1.82, 2.24) is 10.2 Å². The van der Waals surface area contributed by atoms with Crippen LogP contribution in [0.1, 0.15) is 24.5 Å². The van der Waals surface area contributed by atoms with E-state index in [-0.39, 0.29) is 5.91 Å². The van der Waals surface area contributed by atoms with Gasteiger partial charge in [0.15, 0.2) is 5.11 Å². The fourth-order valence-electron chi connectivity index (χ4n) is 2.66. The van der Waals surface area contributed by atoms with Crippen LogP contribution in [0, 0.1) is 0 Å². The number of nitrogens with zero attached hydrogens (tertiary/aromatic N) is 1. The maximum atomic E-state index is 12.6. The summed E-state index contributed by atoms with van der Waals surface area (Å²) in [5.74, 6) is 0.556. The molecule has 2 aromatic rings. The highest BCUT2D eigenvalue weighted by atomic mass is 79.9.